The van der Waals surface area contributed by atoms with Crippen molar-refractivity contribution in [2.75, 3.05) is 13.7 Å². The zero-order chi connectivity index (χ0) is 26.6. The number of nitrogens with one attached hydrogen (secondary N) is 3. The molecule has 39 heavy (non-hydrogen) atoms. The standard InChI is InChI=1S/C29H25FN4O4.CH4/c1-31-29(37)26-24-12-19(7-10-25(24)38-27(26)17-5-8-21(30)9-6-17)18-3-2-4-20(11-18)28(36)34-23(15-35)13-22-14-32-16-33-22;/h2-12,14,16,23,35H,13,15H2,1H3,(H,31,37)(H,32,33)(H,34,36);1H4/t23-;/m0./s1. The fraction of sp³-hybridized carbons (Fsp3) is 0.167. The number of carbonyl (C=O) groups excluding carboxylic acids is 2. The first-order chi connectivity index (χ1) is 18.5. The van der Waals surface area contributed by atoms with E-state index in [4.69, 9.17) is 4.42 Å². The molecule has 0 aliphatic heterocycles. The van der Waals surface area contributed by atoms with Gasteiger partial charge in [-0.15, -0.1) is 0 Å². The Bertz CT molecular complexity index is 1590. The number of aromatic amines is 1. The highest BCUT2D eigenvalue weighted by molar-refractivity contribution is 6.11. The number of amides is 2. The summed E-state index contributed by atoms with van der Waals surface area (Å²) in [5.41, 5.74) is 4.20. The van der Waals surface area contributed by atoms with Gasteiger partial charge >= 0.3 is 0 Å². The van der Waals surface area contributed by atoms with Crippen molar-refractivity contribution in [3.05, 3.63) is 102 Å². The Balaban J connectivity index is 0.00000353. The van der Waals surface area contributed by atoms with Crippen molar-refractivity contribution in [2.45, 2.75) is 19.9 Å². The second kappa shape index (κ2) is 11.7. The van der Waals surface area contributed by atoms with Crippen LogP contribution in [0.3, 0.4) is 0 Å². The predicted octanol–water partition coefficient (Wildman–Crippen LogP) is 4.96. The largest absolute Gasteiger partial charge is 0.455 e. The molecule has 0 fully saturated rings. The van der Waals surface area contributed by atoms with Crippen LogP contribution >= 0.6 is 0 Å². The monoisotopic (exact) mass is 528 g/mol. The van der Waals surface area contributed by atoms with Gasteiger partial charge in [-0.3, -0.25) is 9.59 Å². The highest BCUT2D eigenvalue weighted by Gasteiger charge is 2.22. The average Bonchev–Trinajstić information content (AvgIpc) is 3.60. The van der Waals surface area contributed by atoms with Crippen molar-refractivity contribution in [2.24, 2.45) is 0 Å². The van der Waals surface area contributed by atoms with E-state index in [2.05, 4.69) is 20.6 Å². The molecule has 5 rings (SSSR count). The number of H-pyrrole nitrogens is 1. The van der Waals surface area contributed by atoms with Crippen LogP contribution in [0.5, 0.6) is 0 Å². The first-order valence-electron chi connectivity index (χ1n) is 12.0. The molecule has 200 valence electrons. The number of hydrogen-bond donors (Lipinski definition) is 4. The van der Waals surface area contributed by atoms with E-state index in [-0.39, 0.29) is 31.7 Å². The Kier molecular flexibility index (Phi) is 8.21. The number of aliphatic hydroxyl groups is 1. The number of aromatic nitrogens is 2. The fourth-order valence-corrected chi connectivity index (χ4v) is 4.36. The molecule has 0 aliphatic rings. The Hall–Kier alpha value is -4.76. The Morgan fingerprint density at radius 3 is 2.46 bits per heavy atom. The van der Waals surface area contributed by atoms with Crippen LogP contribution in [-0.4, -0.2) is 46.6 Å². The summed E-state index contributed by atoms with van der Waals surface area (Å²) >= 11 is 0. The van der Waals surface area contributed by atoms with Gasteiger partial charge in [0.05, 0.1) is 24.5 Å². The zero-order valence-corrected chi connectivity index (χ0v) is 20.5. The maximum Gasteiger partial charge on any atom is 0.255 e. The van der Waals surface area contributed by atoms with Crippen molar-refractivity contribution >= 4 is 22.8 Å². The number of nitrogens with zero attached hydrogens (tertiary/aromatic N) is 1. The number of rotatable bonds is 8. The first kappa shape index (κ1) is 27.3. The maximum atomic E-state index is 13.5. The van der Waals surface area contributed by atoms with E-state index in [1.807, 2.05) is 18.2 Å². The minimum Gasteiger partial charge on any atom is -0.455 e. The minimum atomic E-state index is -0.478. The molecule has 0 radical (unpaired) electrons. The summed E-state index contributed by atoms with van der Waals surface area (Å²) in [6, 6.07) is 17.8. The van der Waals surface area contributed by atoms with Crippen LogP contribution < -0.4 is 10.6 Å². The SMILES string of the molecule is C.CNC(=O)c1c(-c2ccc(F)cc2)oc2ccc(-c3cccc(C(=O)N[C@H](CO)Cc4cnc[nH]4)c3)cc12. The summed E-state index contributed by atoms with van der Waals surface area (Å²) < 4.78 is 19.5. The molecule has 0 spiro atoms. The molecule has 5 aromatic rings. The van der Waals surface area contributed by atoms with E-state index in [1.54, 1.807) is 48.9 Å². The summed E-state index contributed by atoms with van der Waals surface area (Å²) in [5.74, 6) is -0.693. The molecule has 0 unspecified atom stereocenters. The molecule has 2 heterocycles. The normalized spacial score (nSPS) is 11.6. The van der Waals surface area contributed by atoms with Crippen LogP contribution in [0.4, 0.5) is 4.39 Å². The molecular weight excluding hydrogens is 499 g/mol. The van der Waals surface area contributed by atoms with Crippen molar-refractivity contribution in [3.63, 3.8) is 0 Å². The average molecular weight is 529 g/mol. The number of aliphatic hydroxyl groups excluding tert-OH is 1. The van der Waals surface area contributed by atoms with Crippen molar-refractivity contribution < 1.29 is 23.5 Å². The summed E-state index contributed by atoms with van der Waals surface area (Å²) in [4.78, 5) is 32.7. The van der Waals surface area contributed by atoms with Crippen LogP contribution in [0.25, 0.3) is 33.4 Å². The van der Waals surface area contributed by atoms with Gasteiger partial charge in [-0.2, -0.15) is 0 Å². The molecule has 1 atom stereocenters. The second-order valence-corrected chi connectivity index (χ2v) is 8.82. The zero-order valence-electron chi connectivity index (χ0n) is 20.5. The Morgan fingerprint density at radius 1 is 1.03 bits per heavy atom. The predicted molar refractivity (Wildman–Crippen MR) is 148 cm³/mol. The van der Waals surface area contributed by atoms with E-state index in [0.717, 1.165) is 16.8 Å². The summed E-state index contributed by atoms with van der Waals surface area (Å²) in [6.45, 7) is -0.222. The topological polar surface area (TPSA) is 120 Å². The van der Waals surface area contributed by atoms with Crippen LogP contribution in [0.2, 0.25) is 0 Å². The maximum absolute atomic E-state index is 13.5. The molecule has 9 heteroatoms. The summed E-state index contributed by atoms with van der Waals surface area (Å²) in [5, 5.41) is 15.8. The van der Waals surface area contributed by atoms with Gasteiger partial charge in [0.1, 0.15) is 17.2 Å². The van der Waals surface area contributed by atoms with Gasteiger partial charge in [0.2, 0.25) is 0 Å². The Morgan fingerprint density at radius 2 is 1.77 bits per heavy atom. The summed E-state index contributed by atoms with van der Waals surface area (Å²) in [7, 11) is 1.54. The lowest BCUT2D eigenvalue weighted by atomic mass is 9.98. The third-order valence-corrected chi connectivity index (χ3v) is 6.28. The van der Waals surface area contributed by atoms with Gasteiger partial charge in [0, 0.05) is 41.9 Å². The smallest absolute Gasteiger partial charge is 0.255 e. The summed E-state index contributed by atoms with van der Waals surface area (Å²) in [6.07, 6.45) is 3.61. The van der Waals surface area contributed by atoms with Gasteiger partial charge in [0.25, 0.3) is 11.8 Å². The number of furan rings is 1. The molecule has 4 N–H and O–H groups in total. The molecule has 3 aromatic carbocycles. The molecule has 0 saturated carbocycles. The third-order valence-electron chi connectivity index (χ3n) is 6.28. The molecular formula is C30H29FN4O4. The van der Waals surface area contributed by atoms with Crippen molar-refractivity contribution in [1.29, 1.82) is 0 Å². The molecule has 0 bridgehead atoms. The van der Waals surface area contributed by atoms with E-state index in [1.165, 1.54) is 19.2 Å². The van der Waals surface area contributed by atoms with Gasteiger partial charge in [0.15, 0.2) is 0 Å². The molecule has 8 nitrogen and oxygen atoms in total. The van der Waals surface area contributed by atoms with Crippen LogP contribution in [0.15, 0.2) is 83.7 Å². The third kappa shape index (κ3) is 5.73. The number of halogens is 1. The van der Waals surface area contributed by atoms with Gasteiger partial charge in [-0.1, -0.05) is 25.6 Å². The van der Waals surface area contributed by atoms with Crippen LogP contribution in [0, 0.1) is 5.82 Å². The van der Waals surface area contributed by atoms with E-state index in [9.17, 15) is 19.1 Å². The van der Waals surface area contributed by atoms with E-state index < -0.39 is 6.04 Å². The molecule has 0 saturated heterocycles. The number of imidazole rings is 1. The highest BCUT2D eigenvalue weighted by Crippen LogP contribution is 2.36. The van der Waals surface area contributed by atoms with Gasteiger partial charge < -0.3 is 25.1 Å². The first-order valence-corrected chi connectivity index (χ1v) is 12.0. The van der Waals surface area contributed by atoms with Crippen molar-refractivity contribution in [3.8, 4) is 22.5 Å². The molecule has 0 aliphatic carbocycles. The molecule has 2 amide bonds. The van der Waals surface area contributed by atoms with E-state index in [0.29, 0.717) is 39.8 Å². The lowest BCUT2D eigenvalue weighted by Crippen LogP contribution is -2.39. The number of carbonyl (C=O) groups is 2. The Labute approximate surface area is 224 Å². The number of benzene rings is 3. The van der Waals surface area contributed by atoms with Gasteiger partial charge in [-0.05, 0) is 59.7 Å². The van der Waals surface area contributed by atoms with Crippen molar-refractivity contribution in [1.82, 2.24) is 20.6 Å². The minimum absolute atomic E-state index is 0. The second-order valence-electron chi connectivity index (χ2n) is 8.82. The highest BCUT2D eigenvalue weighted by atomic mass is 19.1. The fourth-order valence-electron chi connectivity index (χ4n) is 4.36. The number of hydrogen-bond acceptors (Lipinski definition) is 5. The van der Waals surface area contributed by atoms with Gasteiger partial charge in [-0.25, -0.2) is 9.37 Å². The quantitative estimate of drug-likeness (QED) is 0.227. The number of fused-ring (bicyclic) bond motifs is 1. The van der Waals surface area contributed by atoms with E-state index >= 15 is 0 Å². The lowest BCUT2D eigenvalue weighted by Gasteiger charge is -2.16. The lowest BCUT2D eigenvalue weighted by molar-refractivity contribution is 0.0915. The van der Waals surface area contributed by atoms with Crippen LogP contribution in [-0.2, 0) is 6.42 Å². The van der Waals surface area contributed by atoms with Crippen LogP contribution in [0.1, 0.15) is 33.8 Å². The molecule has 2 aromatic heterocycles.